The lowest BCUT2D eigenvalue weighted by atomic mass is 10.1. The minimum atomic E-state index is -0.671. The summed E-state index contributed by atoms with van der Waals surface area (Å²) < 4.78 is 11.2. The van der Waals surface area contributed by atoms with Crippen molar-refractivity contribution >= 4 is 17.6 Å². The van der Waals surface area contributed by atoms with Gasteiger partial charge in [0.05, 0.1) is 30.5 Å². The van der Waals surface area contributed by atoms with Crippen molar-refractivity contribution in [1.82, 2.24) is 4.57 Å². The highest BCUT2D eigenvalue weighted by Gasteiger charge is 2.23. The van der Waals surface area contributed by atoms with E-state index in [0.717, 1.165) is 5.56 Å². The van der Waals surface area contributed by atoms with Crippen molar-refractivity contribution < 1.29 is 19.1 Å². The van der Waals surface area contributed by atoms with Gasteiger partial charge in [-0.25, -0.2) is 9.59 Å². The number of nitriles is 1. The number of aryl methyl sites for hydroxylation is 1. The van der Waals surface area contributed by atoms with Crippen molar-refractivity contribution in [2.75, 3.05) is 19.5 Å². The van der Waals surface area contributed by atoms with Crippen LogP contribution in [0.15, 0.2) is 24.4 Å². The molecule has 0 spiro atoms. The maximum atomic E-state index is 12.1. The van der Waals surface area contributed by atoms with E-state index in [1.165, 1.54) is 17.9 Å². The lowest BCUT2D eigenvalue weighted by molar-refractivity contribution is 0.0525. The molecule has 1 aromatic carbocycles. The molecule has 7 nitrogen and oxygen atoms in total. The van der Waals surface area contributed by atoms with Crippen LogP contribution < -0.4 is 5.73 Å². The van der Waals surface area contributed by atoms with E-state index in [4.69, 9.17) is 15.2 Å². The van der Waals surface area contributed by atoms with E-state index in [-0.39, 0.29) is 23.6 Å². The average molecular weight is 327 g/mol. The zero-order chi connectivity index (χ0) is 17.9. The lowest BCUT2D eigenvalue weighted by Crippen LogP contribution is -2.13. The maximum Gasteiger partial charge on any atom is 0.357 e. The van der Waals surface area contributed by atoms with E-state index in [1.54, 1.807) is 25.1 Å². The minimum absolute atomic E-state index is 0.0327. The summed E-state index contributed by atoms with van der Waals surface area (Å²) in [6.07, 6.45) is 1.44. The number of carbonyl (C=O) groups is 2. The van der Waals surface area contributed by atoms with Gasteiger partial charge in [-0.3, -0.25) is 0 Å². The van der Waals surface area contributed by atoms with Gasteiger partial charge in [0, 0.05) is 11.9 Å². The highest BCUT2D eigenvalue weighted by atomic mass is 16.5. The number of anilines is 1. The molecule has 1 aromatic heterocycles. The minimum Gasteiger partial charge on any atom is -0.464 e. The molecule has 0 fully saturated rings. The van der Waals surface area contributed by atoms with Gasteiger partial charge in [0.25, 0.3) is 0 Å². The van der Waals surface area contributed by atoms with Crippen molar-refractivity contribution in [2.45, 2.75) is 13.8 Å². The van der Waals surface area contributed by atoms with Crippen LogP contribution in [0.1, 0.15) is 38.9 Å². The van der Waals surface area contributed by atoms with E-state index < -0.39 is 11.9 Å². The molecule has 0 unspecified atom stereocenters. The number of aromatic nitrogens is 1. The van der Waals surface area contributed by atoms with Crippen LogP contribution in [0.3, 0.4) is 0 Å². The fourth-order valence-electron chi connectivity index (χ4n) is 2.31. The molecule has 24 heavy (non-hydrogen) atoms. The molecule has 0 aliphatic heterocycles. The zero-order valence-corrected chi connectivity index (χ0v) is 13.6. The van der Waals surface area contributed by atoms with E-state index in [0.29, 0.717) is 11.3 Å². The Morgan fingerprint density at radius 1 is 1.33 bits per heavy atom. The molecule has 0 saturated carbocycles. The summed E-state index contributed by atoms with van der Waals surface area (Å²) in [7, 11) is 1.23. The summed E-state index contributed by atoms with van der Waals surface area (Å²) in [5, 5.41) is 9.17. The molecule has 0 saturated heterocycles. The Hall–Kier alpha value is -3.27. The van der Waals surface area contributed by atoms with Crippen LogP contribution in [-0.4, -0.2) is 30.2 Å². The topological polar surface area (TPSA) is 107 Å². The first-order chi connectivity index (χ1) is 11.4. The number of hydrogen-bond acceptors (Lipinski definition) is 6. The molecular formula is C17H17N3O4. The Morgan fingerprint density at radius 2 is 2.04 bits per heavy atom. The van der Waals surface area contributed by atoms with E-state index in [9.17, 15) is 14.9 Å². The summed E-state index contributed by atoms with van der Waals surface area (Å²) in [6, 6.07) is 6.88. The van der Waals surface area contributed by atoms with Gasteiger partial charge in [-0.15, -0.1) is 0 Å². The van der Waals surface area contributed by atoms with Crippen molar-refractivity contribution in [1.29, 1.82) is 5.26 Å². The third-order valence-electron chi connectivity index (χ3n) is 3.52. The van der Waals surface area contributed by atoms with Crippen LogP contribution >= 0.6 is 0 Å². The number of hydrogen-bond donors (Lipinski definition) is 1. The second-order valence-electron chi connectivity index (χ2n) is 5.00. The van der Waals surface area contributed by atoms with E-state index >= 15 is 0 Å². The fourth-order valence-corrected chi connectivity index (χ4v) is 2.31. The monoisotopic (exact) mass is 327 g/mol. The van der Waals surface area contributed by atoms with Crippen LogP contribution in [-0.2, 0) is 9.47 Å². The molecule has 0 aliphatic carbocycles. The van der Waals surface area contributed by atoms with Gasteiger partial charge >= 0.3 is 11.9 Å². The predicted octanol–water partition coefficient (Wildman–Crippen LogP) is 2.20. The van der Waals surface area contributed by atoms with Gasteiger partial charge in [-0.2, -0.15) is 5.26 Å². The van der Waals surface area contributed by atoms with Crippen LogP contribution in [0.25, 0.3) is 5.69 Å². The van der Waals surface area contributed by atoms with Gasteiger partial charge in [0.15, 0.2) is 5.69 Å². The highest BCUT2D eigenvalue weighted by Crippen LogP contribution is 2.27. The number of nitrogens with zero attached hydrogens (tertiary/aromatic N) is 2. The second kappa shape index (κ2) is 6.87. The zero-order valence-electron chi connectivity index (χ0n) is 13.6. The summed E-state index contributed by atoms with van der Waals surface area (Å²) >= 11 is 0. The lowest BCUT2D eigenvalue weighted by Gasteiger charge is -2.13. The molecule has 0 atom stereocenters. The van der Waals surface area contributed by atoms with Gasteiger partial charge in [-0.1, -0.05) is 6.07 Å². The number of rotatable bonds is 4. The predicted molar refractivity (Wildman–Crippen MR) is 86.9 cm³/mol. The van der Waals surface area contributed by atoms with E-state index in [2.05, 4.69) is 0 Å². The Morgan fingerprint density at radius 3 is 2.62 bits per heavy atom. The molecular weight excluding hydrogens is 310 g/mol. The molecule has 124 valence electrons. The van der Waals surface area contributed by atoms with Gasteiger partial charge < -0.3 is 19.8 Å². The first-order valence-electron chi connectivity index (χ1n) is 7.21. The second-order valence-corrected chi connectivity index (χ2v) is 5.00. The standard InChI is InChI=1S/C17H17N3O4/c1-4-24-16(21)11-6-5-10(2)13(7-11)20-9-12(8-18)14(19)15(20)17(22)23-3/h5-7,9H,4,19H2,1-3H3. The number of benzene rings is 1. The molecule has 2 N–H and O–H groups in total. The number of ether oxygens (including phenoxy) is 2. The molecule has 0 aliphatic rings. The summed E-state index contributed by atoms with van der Waals surface area (Å²) in [5.74, 6) is -1.14. The van der Waals surface area contributed by atoms with Crippen molar-refractivity contribution in [3.05, 3.63) is 46.8 Å². The smallest absolute Gasteiger partial charge is 0.357 e. The normalized spacial score (nSPS) is 10.1. The van der Waals surface area contributed by atoms with Crippen molar-refractivity contribution in [3.8, 4) is 11.8 Å². The van der Waals surface area contributed by atoms with Crippen LogP contribution in [0.5, 0.6) is 0 Å². The number of nitrogen functional groups attached to an aromatic ring is 1. The van der Waals surface area contributed by atoms with Crippen molar-refractivity contribution in [3.63, 3.8) is 0 Å². The maximum absolute atomic E-state index is 12.1. The Kier molecular flexibility index (Phi) is 4.90. The van der Waals surface area contributed by atoms with Crippen molar-refractivity contribution in [2.24, 2.45) is 0 Å². The quantitative estimate of drug-likeness (QED) is 0.863. The fraction of sp³-hybridized carbons (Fsp3) is 0.235. The largest absolute Gasteiger partial charge is 0.464 e. The summed E-state index contributed by atoms with van der Waals surface area (Å²) in [4.78, 5) is 24.0. The number of methoxy groups -OCH3 is 1. The first-order valence-corrected chi connectivity index (χ1v) is 7.21. The molecule has 1 heterocycles. The highest BCUT2D eigenvalue weighted by molar-refractivity contribution is 5.96. The van der Waals surface area contributed by atoms with Gasteiger partial charge in [-0.05, 0) is 31.5 Å². The van der Waals surface area contributed by atoms with Gasteiger partial charge in [0.2, 0.25) is 0 Å². The molecule has 0 amide bonds. The molecule has 0 bridgehead atoms. The number of esters is 2. The van der Waals surface area contributed by atoms with E-state index in [1.807, 2.05) is 13.0 Å². The molecule has 0 radical (unpaired) electrons. The van der Waals surface area contributed by atoms with Crippen LogP contribution in [0.2, 0.25) is 0 Å². The summed E-state index contributed by atoms with van der Waals surface area (Å²) in [5.41, 5.74) is 7.76. The first kappa shape index (κ1) is 17.1. The Bertz CT molecular complexity index is 846. The average Bonchev–Trinajstić information content (AvgIpc) is 2.91. The Balaban J connectivity index is 2.68. The summed E-state index contributed by atoms with van der Waals surface area (Å²) in [6.45, 7) is 3.78. The third kappa shape index (κ3) is 2.94. The molecule has 7 heteroatoms. The molecule has 2 rings (SSSR count). The van der Waals surface area contributed by atoms with Crippen LogP contribution in [0.4, 0.5) is 5.69 Å². The SMILES string of the molecule is CCOC(=O)c1ccc(C)c(-n2cc(C#N)c(N)c2C(=O)OC)c1. The molecule has 2 aromatic rings. The number of nitrogens with two attached hydrogens (primary N) is 1. The number of carbonyl (C=O) groups excluding carboxylic acids is 2. The third-order valence-corrected chi connectivity index (χ3v) is 3.52. The van der Waals surface area contributed by atoms with Crippen LogP contribution in [0, 0.1) is 18.3 Å². The Labute approximate surface area is 139 Å². The van der Waals surface area contributed by atoms with Gasteiger partial charge in [0.1, 0.15) is 6.07 Å².